The SMILES string of the molecule is CCCCCCCCC[C@@H](Br)CCCCCCCCCCCC(=O)O. The predicted octanol–water partition coefficient (Wildman–Crippen LogP) is 8.27. The third kappa shape index (κ3) is 21.9. The minimum Gasteiger partial charge on any atom is -0.481 e. The third-order valence-electron chi connectivity index (χ3n) is 5.03. The van der Waals surface area contributed by atoms with E-state index in [4.69, 9.17) is 5.11 Å². The Morgan fingerprint density at radius 3 is 1.44 bits per heavy atom. The molecule has 0 aromatic heterocycles. The van der Waals surface area contributed by atoms with E-state index in [0.717, 1.165) is 17.7 Å². The number of carboxylic acids is 1. The summed E-state index contributed by atoms with van der Waals surface area (Å²) in [7, 11) is 0. The van der Waals surface area contributed by atoms with Crippen LogP contribution in [0.1, 0.15) is 129 Å². The summed E-state index contributed by atoms with van der Waals surface area (Å²) in [5.41, 5.74) is 0. The van der Waals surface area contributed by atoms with Crippen molar-refractivity contribution in [3.8, 4) is 0 Å². The van der Waals surface area contributed by atoms with Crippen molar-refractivity contribution >= 4 is 21.9 Å². The number of unbranched alkanes of at least 4 members (excludes halogenated alkanes) is 14. The summed E-state index contributed by atoms with van der Waals surface area (Å²) in [6, 6.07) is 0. The quantitative estimate of drug-likeness (QED) is 0.159. The highest BCUT2D eigenvalue weighted by atomic mass is 79.9. The lowest BCUT2D eigenvalue weighted by Gasteiger charge is -2.09. The highest BCUT2D eigenvalue weighted by Crippen LogP contribution is 2.19. The van der Waals surface area contributed by atoms with Crippen LogP contribution < -0.4 is 0 Å². The van der Waals surface area contributed by atoms with E-state index in [2.05, 4.69) is 22.9 Å². The van der Waals surface area contributed by atoms with Crippen molar-refractivity contribution < 1.29 is 9.90 Å². The molecule has 0 rings (SSSR count). The van der Waals surface area contributed by atoms with Gasteiger partial charge in [0, 0.05) is 11.2 Å². The van der Waals surface area contributed by atoms with Crippen molar-refractivity contribution in [3.05, 3.63) is 0 Å². The summed E-state index contributed by atoms with van der Waals surface area (Å²) < 4.78 is 0. The van der Waals surface area contributed by atoms with Crippen LogP contribution in [0.2, 0.25) is 0 Å². The Labute approximate surface area is 165 Å². The molecule has 0 aliphatic carbocycles. The molecule has 3 heteroatoms. The van der Waals surface area contributed by atoms with Gasteiger partial charge in [-0.25, -0.2) is 0 Å². The van der Waals surface area contributed by atoms with Crippen LogP contribution in [0, 0.1) is 0 Å². The summed E-state index contributed by atoms with van der Waals surface area (Å²) in [5.74, 6) is -0.655. The Bertz CT molecular complexity index is 281. The van der Waals surface area contributed by atoms with Crippen LogP contribution in [0.4, 0.5) is 0 Å². The van der Waals surface area contributed by atoms with Crippen molar-refractivity contribution in [3.63, 3.8) is 0 Å². The molecule has 2 nitrogen and oxygen atoms in total. The van der Waals surface area contributed by atoms with Crippen LogP contribution in [0.25, 0.3) is 0 Å². The highest BCUT2D eigenvalue weighted by molar-refractivity contribution is 9.09. The number of aliphatic carboxylic acids is 1. The Hall–Kier alpha value is -0.0500. The molecule has 0 aromatic rings. The van der Waals surface area contributed by atoms with Gasteiger partial charge < -0.3 is 5.11 Å². The Balaban J connectivity index is 3.14. The van der Waals surface area contributed by atoms with Gasteiger partial charge in [0.1, 0.15) is 0 Å². The zero-order valence-corrected chi connectivity index (χ0v) is 18.3. The van der Waals surface area contributed by atoms with Crippen molar-refractivity contribution in [2.24, 2.45) is 0 Å². The zero-order chi connectivity index (χ0) is 18.6. The molecule has 0 heterocycles. The molecule has 0 aromatic carbocycles. The maximum absolute atomic E-state index is 10.4. The highest BCUT2D eigenvalue weighted by Gasteiger charge is 2.03. The van der Waals surface area contributed by atoms with Gasteiger partial charge in [0.25, 0.3) is 0 Å². The normalized spacial score (nSPS) is 12.4. The van der Waals surface area contributed by atoms with E-state index in [1.54, 1.807) is 0 Å². The molecule has 0 fully saturated rings. The van der Waals surface area contributed by atoms with Crippen LogP contribution >= 0.6 is 15.9 Å². The average molecular weight is 419 g/mol. The number of hydrogen-bond acceptors (Lipinski definition) is 1. The molecule has 0 spiro atoms. The molecule has 0 radical (unpaired) electrons. The van der Waals surface area contributed by atoms with E-state index in [0.29, 0.717) is 6.42 Å². The standard InChI is InChI=1S/C22H43BrO2/c1-2-3-4-5-9-12-15-18-21(23)19-16-13-10-7-6-8-11-14-17-20-22(24)25/h21H,2-20H2,1H3,(H,24,25)/t21-/m1/s1. The van der Waals surface area contributed by atoms with Crippen molar-refractivity contribution in [1.29, 1.82) is 0 Å². The van der Waals surface area contributed by atoms with Gasteiger partial charge in [0.05, 0.1) is 0 Å². The molecule has 1 atom stereocenters. The van der Waals surface area contributed by atoms with E-state index in [9.17, 15) is 4.79 Å². The summed E-state index contributed by atoms with van der Waals surface area (Å²) in [6.45, 7) is 2.28. The van der Waals surface area contributed by atoms with Crippen molar-refractivity contribution in [1.82, 2.24) is 0 Å². The predicted molar refractivity (Wildman–Crippen MR) is 114 cm³/mol. The molecule has 0 unspecified atom stereocenters. The largest absolute Gasteiger partial charge is 0.481 e. The van der Waals surface area contributed by atoms with E-state index in [1.165, 1.54) is 103 Å². The lowest BCUT2D eigenvalue weighted by Crippen LogP contribution is -1.98. The van der Waals surface area contributed by atoms with Crippen LogP contribution in [0.3, 0.4) is 0 Å². The monoisotopic (exact) mass is 418 g/mol. The van der Waals surface area contributed by atoms with Gasteiger partial charge >= 0.3 is 5.97 Å². The molecule has 0 bridgehead atoms. The second-order valence-electron chi connectivity index (χ2n) is 7.62. The van der Waals surface area contributed by atoms with E-state index in [-0.39, 0.29) is 0 Å². The van der Waals surface area contributed by atoms with Gasteiger partial charge in [-0.1, -0.05) is 119 Å². The average Bonchev–Trinajstić information content (AvgIpc) is 2.58. The van der Waals surface area contributed by atoms with Gasteiger partial charge in [-0.05, 0) is 19.3 Å². The Kier molecular flexibility index (Phi) is 20.2. The smallest absolute Gasteiger partial charge is 0.303 e. The molecular weight excluding hydrogens is 376 g/mol. The molecule has 1 N–H and O–H groups in total. The number of carbonyl (C=O) groups is 1. The molecule has 0 aliphatic rings. The van der Waals surface area contributed by atoms with Crippen molar-refractivity contribution in [2.75, 3.05) is 0 Å². The van der Waals surface area contributed by atoms with E-state index in [1.807, 2.05) is 0 Å². The number of halogens is 1. The summed E-state index contributed by atoms with van der Waals surface area (Å²) in [4.78, 5) is 11.1. The van der Waals surface area contributed by atoms with Crippen LogP contribution in [-0.2, 0) is 4.79 Å². The van der Waals surface area contributed by atoms with Gasteiger partial charge in [-0.3, -0.25) is 4.79 Å². The summed E-state index contributed by atoms with van der Waals surface area (Å²) in [5, 5.41) is 8.57. The minimum absolute atomic E-state index is 0.340. The maximum atomic E-state index is 10.4. The van der Waals surface area contributed by atoms with E-state index < -0.39 is 5.97 Å². The van der Waals surface area contributed by atoms with Crippen LogP contribution in [-0.4, -0.2) is 15.9 Å². The fourth-order valence-corrected chi connectivity index (χ4v) is 3.99. The lowest BCUT2D eigenvalue weighted by atomic mass is 10.0. The lowest BCUT2D eigenvalue weighted by molar-refractivity contribution is -0.137. The second-order valence-corrected chi connectivity index (χ2v) is 8.92. The Morgan fingerprint density at radius 2 is 1.04 bits per heavy atom. The van der Waals surface area contributed by atoms with Gasteiger partial charge in [0.2, 0.25) is 0 Å². The first-order valence-electron chi connectivity index (χ1n) is 11.0. The summed E-state index contributed by atoms with van der Waals surface area (Å²) in [6.07, 6.45) is 24.1. The van der Waals surface area contributed by atoms with Gasteiger partial charge in [0.15, 0.2) is 0 Å². The van der Waals surface area contributed by atoms with Crippen molar-refractivity contribution in [2.45, 2.75) is 134 Å². The number of hydrogen-bond donors (Lipinski definition) is 1. The van der Waals surface area contributed by atoms with Gasteiger partial charge in [-0.2, -0.15) is 0 Å². The molecule has 0 aliphatic heterocycles. The first-order chi connectivity index (χ1) is 12.2. The maximum Gasteiger partial charge on any atom is 0.303 e. The Morgan fingerprint density at radius 1 is 0.680 bits per heavy atom. The molecule has 0 saturated carbocycles. The second kappa shape index (κ2) is 20.3. The molecule has 0 amide bonds. The van der Waals surface area contributed by atoms with Gasteiger partial charge in [-0.15, -0.1) is 0 Å². The number of rotatable bonds is 20. The number of alkyl halides is 1. The molecule has 25 heavy (non-hydrogen) atoms. The molecule has 150 valence electrons. The third-order valence-corrected chi connectivity index (χ3v) is 5.94. The minimum atomic E-state index is -0.655. The fraction of sp³-hybridized carbons (Fsp3) is 0.955. The first kappa shape index (κ1) is 24.9. The molecular formula is C22H43BrO2. The fourth-order valence-electron chi connectivity index (χ4n) is 3.35. The number of carboxylic acid groups (broad SMARTS) is 1. The van der Waals surface area contributed by atoms with E-state index >= 15 is 0 Å². The topological polar surface area (TPSA) is 37.3 Å². The first-order valence-corrected chi connectivity index (χ1v) is 11.9. The van der Waals surface area contributed by atoms with Crippen LogP contribution in [0.5, 0.6) is 0 Å². The van der Waals surface area contributed by atoms with Crippen LogP contribution in [0.15, 0.2) is 0 Å². The zero-order valence-electron chi connectivity index (χ0n) is 16.7. The molecule has 0 saturated heterocycles. The summed E-state index contributed by atoms with van der Waals surface area (Å²) >= 11 is 3.86.